The van der Waals surface area contributed by atoms with E-state index in [1.54, 1.807) is 0 Å². The molecule has 0 spiro atoms. The van der Waals surface area contributed by atoms with Gasteiger partial charge in [-0.2, -0.15) is 0 Å². The molecule has 21 heavy (non-hydrogen) atoms. The Balaban J connectivity index is 1.91. The van der Waals surface area contributed by atoms with Crippen molar-refractivity contribution in [2.75, 3.05) is 0 Å². The average Bonchev–Trinajstić information content (AvgIpc) is 2.46. The Labute approximate surface area is 126 Å². The van der Waals surface area contributed by atoms with Gasteiger partial charge in [0.15, 0.2) is 5.78 Å². The molecule has 0 radical (unpaired) electrons. The Kier molecular flexibility index (Phi) is 3.54. The van der Waals surface area contributed by atoms with Crippen molar-refractivity contribution in [2.24, 2.45) is 29.1 Å². The average molecular weight is 288 g/mol. The van der Waals surface area contributed by atoms with Crippen molar-refractivity contribution in [3.05, 3.63) is 24.3 Å². The Hall–Kier alpha value is -1.38. The lowest BCUT2D eigenvalue weighted by Gasteiger charge is -2.52. The summed E-state index contributed by atoms with van der Waals surface area (Å²) in [4.78, 5) is 23.4. The van der Waals surface area contributed by atoms with E-state index in [-0.39, 0.29) is 11.7 Å². The van der Waals surface area contributed by atoms with Crippen molar-refractivity contribution in [1.29, 1.82) is 0 Å². The summed E-state index contributed by atoms with van der Waals surface area (Å²) in [5, 5.41) is 9.65. The van der Waals surface area contributed by atoms with Crippen molar-refractivity contribution in [2.45, 2.75) is 45.4 Å². The fourth-order valence-corrected chi connectivity index (χ4v) is 5.11. The number of carboxylic acid groups (broad SMARTS) is 1. The van der Waals surface area contributed by atoms with Crippen LogP contribution in [0.5, 0.6) is 0 Å². The summed E-state index contributed by atoms with van der Waals surface area (Å²) in [6.45, 7) is 5.82. The highest BCUT2D eigenvalue weighted by Crippen LogP contribution is 2.56. The highest BCUT2D eigenvalue weighted by Gasteiger charge is 2.52. The molecule has 3 heteroatoms. The number of carboxylic acids is 1. The van der Waals surface area contributed by atoms with Crippen molar-refractivity contribution >= 4 is 11.8 Å². The lowest BCUT2D eigenvalue weighted by Crippen LogP contribution is -2.49. The molecule has 2 saturated carbocycles. The summed E-state index contributed by atoms with van der Waals surface area (Å²) in [6, 6.07) is 0. The molecule has 0 aromatic rings. The van der Waals surface area contributed by atoms with Crippen LogP contribution in [0, 0.1) is 29.1 Å². The summed E-state index contributed by atoms with van der Waals surface area (Å²) in [7, 11) is 0. The van der Waals surface area contributed by atoms with Crippen LogP contribution in [0.2, 0.25) is 0 Å². The van der Waals surface area contributed by atoms with E-state index in [9.17, 15) is 14.7 Å². The summed E-state index contributed by atoms with van der Waals surface area (Å²) in [5.74, 6) is 1.08. The Morgan fingerprint density at radius 2 is 2.10 bits per heavy atom. The first kappa shape index (κ1) is 14.6. The minimum atomic E-state index is -0.689. The second-order valence-electron chi connectivity index (χ2n) is 7.22. The van der Waals surface area contributed by atoms with Gasteiger partial charge in [-0.15, -0.1) is 6.58 Å². The van der Waals surface area contributed by atoms with Crippen LogP contribution in [0.1, 0.15) is 45.4 Å². The molecule has 2 fully saturated rings. The van der Waals surface area contributed by atoms with Gasteiger partial charge in [-0.05, 0) is 68.8 Å². The highest BCUT2D eigenvalue weighted by atomic mass is 16.4. The van der Waals surface area contributed by atoms with Crippen LogP contribution in [-0.4, -0.2) is 16.9 Å². The second-order valence-corrected chi connectivity index (χ2v) is 7.22. The first-order valence-corrected chi connectivity index (χ1v) is 8.06. The number of ketones is 1. The van der Waals surface area contributed by atoms with Crippen molar-refractivity contribution in [3.8, 4) is 0 Å². The number of hydrogen-bond donors (Lipinski definition) is 1. The van der Waals surface area contributed by atoms with Gasteiger partial charge in [-0.3, -0.25) is 9.59 Å². The van der Waals surface area contributed by atoms with E-state index in [0.29, 0.717) is 24.2 Å². The summed E-state index contributed by atoms with van der Waals surface area (Å²) in [5.41, 5.74) is 0.656. The van der Waals surface area contributed by atoms with E-state index in [2.05, 4.69) is 6.58 Å². The zero-order valence-electron chi connectivity index (χ0n) is 12.7. The van der Waals surface area contributed by atoms with Gasteiger partial charge in [-0.1, -0.05) is 11.6 Å². The fourth-order valence-electron chi connectivity index (χ4n) is 5.11. The smallest absolute Gasteiger partial charge is 0.309 e. The third kappa shape index (κ3) is 2.18. The molecule has 3 aliphatic rings. The van der Waals surface area contributed by atoms with E-state index in [4.69, 9.17) is 0 Å². The van der Waals surface area contributed by atoms with Gasteiger partial charge < -0.3 is 5.11 Å². The molecule has 0 bridgehead atoms. The SMILES string of the molecule is C=C[C@H]1[C@@H]2CCC3=CC(=O)CC[C@@H]3C2CC[C@]1(C)C(=O)O. The second kappa shape index (κ2) is 5.11. The summed E-state index contributed by atoms with van der Waals surface area (Å²) >= 11 is 0. The molecule has 0 aromatic heterocycles. The maximum Gasteiger partial charge on any atom is 0.309 e. The van der Waals surface area contributed by atoms with Crippen LogP contribution in [0.4, 0.5) is 0 Å². The fraction of sp³-hybridized carbons (Fsp3) is 0.667. The molecule has 1 unspecified atom stereocenters. The largest absolute Gasteiger partial charge is 0.481 e. The number of carbonyl (C=O) groups is 2. The maximum atomic E-state index is 11.7. The molecule has 114 valence electrons. The first-order valence-electron chi connectivity index (χ1n) is 8.06. The third-order valence-corrected chi connectivity index (χ3v) is 6.29. The van der Waals surface area contributed by atoms with Gasteiger partial charge in [0, 0.05) is 6.42 Å². The minimum absolute atomic E-state index is 0.0490. The van der Waals surface area contributed by atoms with Gasteiger partial charge in [0.25, 0.3) is 0 Å². The zero-order chi connectivity index (χ0) is 15.2. The lowest BCUT2D eigenvalue weighted by molar-refractivity contribution is -0.156. The van der Waals surface area contributed by atoms with E-state index in [0.717, 1.165) is 32.1 Å². The molecule has 0 aliphatic heterocycles. The molecular formula is C18H24O3. The van der Waals surface area contributed by atoms with Gasteiger partial charge in [0.2, 0.25) is 0 Å². The van der Waals surface area contributed by atoms with Gasteiger partial charge in [0.05, 0.1) is 5.41 Å². The molecule has 0 aromatic carbocycles. The van der Waals surface area contributed by atoms with E-state index < -0.39 is 11.4 Å². The molecule has 5 atom stereocenters. The predicted octanol–water partition coefficient (Wildman–Crippen LogP) is 3.61. The monoisotopic (exact) mass is 288 g/mol. The number of fused-ring (bicyclic) bond motifs is 3. The molecular weight excluding hydrogens is 264 g/mol. The summed E-state index contributed by atoms with van der Waals surface area (Å²) < 4.78 is 0. The topological polar surface area (TPSA) is 54.4 Å². The Bertz CT molecular complexity index is 519. The van der Waals surface area contributed by atoms with E-state index in [1.165, 1.54) is 5.57 Å². The lowest BCUT2D eigenvalue weighted by atomic mass is 9.51. The van der Waals surface area contributed by atoms with Gasteiger partial charge in [0.1, 0.15) is 0 Å². The minimum Gasteiger partial charge on any atom is -0.481 e. The number of rotatable bonds is 2. The van der Waals surface area contributed by atoms with E-state index in [1.807, 2.05) is 19.1 Å². The van der Waals surface area contributed by atoms with Crippen molar-refractivity contribution < 1.29 is 14.7 Å². The van der Waals surface area contributed by atoms with Crippen LogP contribution in [0.25, 0.3) is 0 Å². The molecule has 0 heterocycles. The zero-order valence-corrected chi connectivity index (χ0v) is 12.7. The first-order chi connectivity index (χ1) is 9.97. The van der Waals surface area contributed by atoms with Crippen molar-refractivity contribution in [1.82, 2.24) is 0 Å². The Morgan fingerprint density at radius 3 is 2.76 bits per heavy atom. The molecule has 3 aliphatic carbocycles. The summed E-state index contributed by atoms with van der Waals surface area (Å²) in [6.07, 6.45) is 9.02. The predicted molar refractivity (Wildman–Crippen MR) is 80.7 cm³/mol. The Morgan fingerprint density at radius 1 is 1.33 bits per heavy atom. The number of aliphatic carboxylic acids is 1. The van der Waals surface area contributed by atoms with Crippen LogP contribution >= 0.6 is 0 Å². The maximum absolute atomic E-state index is 11.7. The molecule has 3 rings (SSSR count). The molecule has 3 nitrogen and oxygen atoms in total. The van der Waals surface area contributed by atoms with Gasteiger partial charge in [-0.25, -0.2) is 0 Å². The number of hydrogen-bond acceptors (Lipinski definition) is 2. The third-order valence-electron chi connectivity index (χ3n) is 6.29. The molecule has 0 amide bonds. The van der Waals surface area contributed by atoms with Crippen molar-refractivity contribution in [3.63, 3.8) is 0 Å². The quantitative estimate of drug-likeness (QED) is 0.790. The van der Waals surface area contributed by atoms with Gasteiger partial charge >= 0.3 is 5.97 Å². The standard InChI is InChI=1S/C18H24O3/c1-3-16-15-6-4-11-10-12(19)5-7-13(11)14(15)8-9-18(16,2)17(20)21/h3,10,13-16H,1,4-9H2,2H3,(H,20,21)/t13-,14?,15+,16-,18-/m0/s1. The van der Waals surface area contributed by atoms with Crippen LogP contribution in [0.3, 0.4) is 0 Å². The number of allylic oxidation sites excluding steroid dienone is 3. The molecule has 1 N–H and O–H groups in total. The van der Waals surface area contributed by atoms with Crippen LogP contribution in [-0.2, 0) is 9.59 Å². The van der Waals surface area contributed by atoms with Crippen LogP contribution in [0.15, 0.2) is 24.3 Å². The number of carbonyl (C=O) groups excluding carboxylic acids is 1. The normalized spacial score (nSPS) is 42.5. The van der Waals surface area contributed by atoms with E-state index >= 15 is 0 Å². The van der Waals surface area contributed by atoms with Crippen LogP contribution < -0.4 is 0 Å². The highest BCUT2D eigenvalue weighted by molar-refractivity contribution is 5.91. The molecule has 0 saturated heterocycles.